The number of nitrogens with zero attached hydrogens (tertiary/aromatic N) is 3. The molecule has 0 aliphatic heterocycles. The summed E-state index contributed by atoms with van der Waals surface area (Å²) in [5, 5.41) is 12.4. The maximum atomic E-state index is 12.4. The summed E-state index contributed by atoms with van der Waals surface area (Å²) < 4.78 is 46.8. The van der Waals surface area contributed by atoms with Crippen molar-refractivity contribution in [3.8, 4) is 78.6 Å². The first-order valence-corrected chi connectivity index (χ1v) is 23.9. The molecule has 2 heterocycles. The Bertz CT molecular complexity index is 3500. The molecule has 9 rings (SSSR count). The summed E-state index contributed by atoms with van der Waals surface area (Å²) in [5.41, 5.74) is 16.1. The van der Waals surface area contributed by atoms with Crippen LogP contribution in [0.2, 0.25) is 0 Å². The van der Waals surface area contributed by atoms with Crippen LogP contribution in [0.5, 0.6) is 5.75 Å². The van der Waals surface area contributed by atoms with Crippen LogP contribution >= 0.6 is 0 Å². The van der Waals surface area contributed by atoms with Gasteiger partial charge >= 0.3 is 0 Å². The van der Waals surface area contributed by atoms with Gasteiger partial charge in [-0.3, -0.25) is 9.55 Å². The van der Waals surface area contributed by atoms with Crippen LogP contribution in [0.3, 0.4) is 0 Å². The Morgan fingerprint density at radius 2 is 1.12 bits per heavy atom. The number of phenolic OH excluding ortho intramolecular Hbond substituents is 1. The van der Waals surface area contributed by atoms with Gasteiger partial charge in [-0.15, -0.1) is 0 Å². The fraction of sp³-hybridized carbons (Fsp3) is 0.250. The molecule has 4 nitrogen and oxygen atoms in total. The van der Waals surface area contributed by atoms with Crippen LogP contribution in [0.25, 0.3) is 83.9 Å². The Balaban J connectivity index is 1.31. The van der Waals surface area contributed by atoms with Gasteiger partial charge in [-0.05, 0) is 163 Å². The average molecular weight is 897 g/mol. The number of hydrogen-bond donors (Lipinski definition) is 1. The smallest absolute Gasteiger partial charge is 0.149 e. The highest BCUT2D eigenvalue weighted by Crippen LogP contribution is 2.44. The van der Waals surface area contributed by atoms with E-state index in [1.807, 2.05) is 111 Å². The zero-order valence-corrected chi connectivity index (χ0v) is 41.0. The summed E-state index contributed by atoms with van der Waals surface area (Å²) in [6.45, 7) is 17.6. The minimum absolute atomic E-state index is 0.00994. The number of aromatic nitrogens is 3. The predicted molar refractivity (Wildman–Crippen MR) is 288 cm³/mol. The second-order valence-corrected chi connectivity index (χ2v) is 19.7. The maximum absolute atomic E-state index is 12.4. The number of pyridine rings is 1. The molecular formula is C64H65N3O. The topological polar surface area (TPSA) is 50.9 Å². The van der Waals surface area contributed by atoms with Crippen molar-refractivity contribution in [2.24, 2.45) is 0 Å². The van der Waals surface area contributed by atoms with Crippen LogP contribution in [0.15, 0.2) is 158 Å². The van der Waals surface area contributed by atoms with Crippen molar-refractivity contribution in [2.45, 2.75) is 106 Å². The molecule has 4 heteroatoms. The normalized spacial score (nSPS) is 13.5. The van der Waals surface area contributed by atoms with Gasteiger partial charge in [0, 0.05) is 24.2 Å². The van der Waals surface area contributed by atoms with Crippen LogP contribution in [0.1, 0.15) is 139 Å². The van der Waals surface area contributed by atoms with E-state index < -0.39 is 18.6 Å². The molecule has 0 fully saturated rings. The lowest BCUT2D eigenvalue weighted by molar-refractivity contribution is 0.466. The zero-order chi connectivity index (χ0) is 52.3. The molecule has 9 aromatic rings. The van der Waals surface area contributed by atoms with E-state index in [1.54, 1.807) is 6.07 Å². The Morgan fingerprint density at radius 3 is 1.81 bits per heavy atom. The van der Waals surface area contributed by atoms with E-state index in [2.05, 4.69) is 114 Å². The standard InChI is InChI=1S/C64H65N3O/c1-38(2)44-20-22-46(23-21-44)48-26-27-65-59(37-48)55-33-52(45-16-13-12-14-17-45)32-54(34-55)56-18-15-19-61-62(56)66-64(58-36-51(41(7)8)35-57(42(9)10)63(58)68)67(61)60-25-24-47(28-43(60)11)53-30-49(39(3)4)29-50(31-53)40(5)6/h12-42,68H,1-11H3/i11D3,38D,39D. The molecule has 0 bridgehead atoms. The van der Waals surface area contributed by atoms with Crippen LogP contribution in [-0.4, -0.2) is 19.6 Å². The first kappa shape index (κ1) is 40.1. The fourth-order valence-electron chi connectivity index (χ4n) is 9.22. The number of para-hydroxylation sites is 1. The molecular weight excluding hydrogens is 827 g/mol. The van der Waals surface area contributed by atoms with Crippen LogP contribution in [0.4, 0.5) is 0 Å². The van der Waals surface area contributed by atoms with Crippen LogP contribution < -0.4 is 0 Å². The molecule has 0 atom stereocenters. The number of fused-ring (bicyclic) bond motifs is 1. The van der Waals surface area contributed by atoms with Crippen molar-refractivity contribution in [3.63, 3.8) is 0 Å². The molecule has 342 valence electrons. The molecule has 0 unspecified atom stereocenters. The van der Waals surface area contributed by atoms with Crippen molar-refractivity contribution >= 4 is 11.0 Å². The summed E-state index contributed by atoms with van der Waals surface area (Å²) in [7, 11) is 0. The van der Waals surface area contributed by atoms with Gasteiger partial charge in [-0.2, -0.15) is 0 Å². The predicted octanol–water partition coefficient (Wildman–Crippen LogP) is 18.1. The quantitative estimate of drug-likeness (QED) is 0.133. The number of phenols is 1. The van der Waals surface area contributed by atoms with Crippen molar-refractivity contribution in [2.75, 3.05) is 0 Å². The van der Waals surface area contributed by atoms with Gasteiger partial charge in [0.1, 0.15) is 11.6 Å². The number of imidazole rings is 1. The number of aromatic hydroxyl groups is 1. The molecule has 0 saturated heterocycles. The molecule has 0 aliphatic rings. The highest BCUT2D eigenvalue weighted by molar-refractivity contribution is 5.98. The van der Waals surface area contributed by atoms with Crippen LogP contribution in [-0.2, 0) is 0 Å². The third-order valence-electron chi connectivity index (χ3n) is 13.3. The monoisotopic (exact) mass is 897 g/mol. The largest absolute Gasteiger partial charge is 0.507 e. The second kappa shape index (κ2) is 18.9. The average Bonchev–Trinajstić information content (AvgIpc) is 3.75. The first-order valence-electron chi connectivity index (χ1n) is 26.4. The Hall–Kier alpha value is -7.04. The van der Waals surface area contributed by atoms with Crippen molar-refractivity contribution < 1.29 is 12.0 Å². The molecule has 0 spiro atoms. The molecule has 1 N–H and O–H groups in total. The lowest BCUT2D eigenvalue weighted by atomic mass is 9.90. The Kier molecular flexibility index (Phi) is 11.1. The van der Waals surface area contributed by atoms with Crippen molar-refractivity contribution in [1.82, 2.24) is 14.5 Å². The zero-order valence-electron chi connectivity index (χ0n) is 46.0. The number of benzene rings is 7. The van der Waals surface area contributed by atoms with Gasteiger partial charge in [0.15, 0.2) is 0 Å². The lowest BCUT2D eigenvalue weighted by Crippen LogP contribution is -2.03. The first-order chi connectivity index (χ1) is 34.5. The Morgan fingerprint density at radius 1 is 0.485 bits per heavy atom. The summed E-state index contributed by atoms with van der Waals surface area (Å²) >= 11 is 0. The van der Waals surface area contributed by atoms with Crippen molar-refractivity contribution in [1.29, 1.82) is 0 Å². The molecule has 0 amide bonds. The van der Waals surface area contributed by atoms with Gasteiger partial charge in [0.2, 0.25) is 0 Å². The van der Waals surface area contributed by atoms with E-state index in [9.17, 15) is 5.11 Å². The SMILES string of the molecule is [2H]C([2H])([2H])c1cc(-c2cc(C(C)C)cc(C([2H])(C)C)c2)ccc1-n1c(-c2cc(C(C)C)cc(C(C)C)c2O)nc2c(-c3cc(-c4ccccc4)cc(-c4cc(-c5ccc(C([2H])(C)C)cc5)ccn4)c3)cccc21. The lowest BCUT2D eigenvalue weighted by Gasteiger charge is -2.19. The molecule has 0 radical (unpaired) electrons. The van der Waals surface area contributed by atoms with E-state index >= 15 is 0 Å². The van der Waals surface area contributed by atoms with E-state index in [0.717, 1.165) is 83.6 Å². The summed E-state index contributed by atoms with van der Waals surface area (Å²) in [6.07, 6.45) is 1.84. The van der Waals surface area contributed by atoms with Crippen LogP contribution in [0, 0.1) is 6.85 Å². The number of hydrogen-bond acceptors (Lipinski definition) is 3. The molecule has 0 aliphatic carbocycles. The van der Waals surface area contributed by atoms with E-state index in [1.165, 1.54) is 0 Å². The highest BCUT2D eigenvalue weighted by Gasteiger charge is 2.25. The summed E-state index contributed by atoms with van der Waals surface area (Å²) in [6, 6.07) is 50.9. The third kappa shape index (κ3) is 9.05. The van der Waals surface area contributed by atoms with E-state index in [-0.39, 0.29) is 29.1 Å². The minimum Gasteiger partial charge on any atom is -0.507 e. The van der Waals surface area contributed by atoms with E-state index in [0.29, 0.717) is 28.1 Å². The maximum Gasteiger partial charge on any atom is 0.149 e. The molecule has 2 aromatic heterocycles. The second-order valence-electron chi connectivity index (χ2n) is 19.7. The van der Waals surface area contributed by atoms with Gasteiger partial charge in [-0.25, -0.2) is 4.98 Å². The van der Waals surface area contributed by atoms with Gasteiger partial charge in [0.25, 0.3) is 0 Å². The van der Waals surface area contributed by atoms with Gasteiger partial charge in [-0.1, -0.05) is 166 Å². The number of aryl methyl sites for hydroxylation is 1. The summed E-state index contributed by atoms with van der Waals surface area (Å²) in [4.78, 5) is 10.5. The molecule has 68 heavy (non-hydrogen) atoms. The number of rotatable bonds is 12. The molecule has 0 saturated carbocycles. The third-order valence-corrected chi connectivity index (χ3v) is 13.3. The van der Waals surface area contributed by atoms with E-state index in [4.69, 9.17) is 16.8 Å². The fourth-order valence-corrected chi connectivity index (χ4v) is 9.22. The minimum atomic E-state index is -2.56. The molecule has 7 aromatic carbocycles. The summed E-state index contributed by atoms with van der Waals surface area (Å²) in [5.74, 6) is -0.731. The highest BCUT2D eigenvalue weighted by atomic mass is 16.3. The Labute approximate surface area is 411 Å². The van der Waals surface area contributed by atoms with Crippen molar-refractivity contribution in [3.05, 3.63) is 191 Å². The van der Waals surface area contributed by atoms with Gasteiger partial charge in [0.05, 0.1) is 28.0 Å². The van der Waals surface area contributed by atoms with Gasteiger partial charge < -0.3 is 5.11 Å².